The van der Waals surface area contributed by atoms with Crippen LogP contribution in [0, 0.1) is 0 Å². The molecule has 0 aliphatic rings. The van der Waals surface area contributed by atoms with Gasteiger partial charge in [0.05, 0.1) is 6.54 Å². The minimum atomic E-state index is -0.258. The summed E-state index contributed by atoms with van der Waals surface area (Å²) in [6.45, 7) is 9.23. The summed E-state index contributed by atoms with van der Waals surface area (Å²) in [5.74, 6) is 0.0490. The molecule has 1 amide bonds. The molecule has 0 bridgehead atoms. The van der Waals surface area contributed by atoms with E-state index in [9.17, 15) is 4.79 Å². The number of nitrogens with two attached hydrogens (primary N) is 1. The van der Waals surface area contributed by atoms with Crippen molar-refractivity contribution < 1.29 is 4.79 Å². The number of halogens is 2. The molecule has 0 aliphatic heterocycles. The lowest BCUT2D eigenvalue weighted by atomic mass is 9.94. The Morgan fingerprint density at radius 2 is 1.72 bits per heavy atom. The van der Waals surface area contributed by atoms with E-state index in [1.807, 2.05) is 11.9 Å². The van der Waals surface area contributed by atoms with Crippen LogP contribution in [0.1, 0.15) is 40.5 Å². The second-order valence-corrected chi connectivity index (χ2v) is 4.86. The van der Waals surface area contributed by atoms with Crippen LogP contribution in [0.3, 0.4) is 0 Å². The summed E-state index contributed by atoms with van der Waals surface area (Å²) in [5.41, 5.74) is 5.85. The fraction of sp³-hybridized carbons (Fsp3) is 0.917. The van der Waals surface area contributed by atoms with E-state index in [1.54, 1.807) is 0 Å². The highest BCUT2D eigenvalue weighted by molar-refractivity contribution is 5.85. The van der Waals surface area contributed by atoms with Crippen molar-refractivity contribution in [3.8, 4) is 0 Å². The van der Waals surface area contributed by atoms with Crippen molar-refractivity contribution in [2.45, 2.75) is 52.1 Å². The molecule has 0 spiro atoms. The van der Waals surface area contributed by atoms with Gasteiger partial charge in [-0.15, -0.1) is 24.8 Å². The smallest absolute Gasteiger partial charge is 0.234 e. The molecule has 0 saturated heterocycles. The van der Waals surface area contributed by atoms with Crippen LogP contribution in [0.25, 0.3) is 0 Å². The molecule has 0 aromatic heterocycles. The SMILES string of the molecule is CCC(N)(CC)CNC(=O)CN(C)C(C)C.Cl.Cl. The summed E-state index contributed by atoms with van der Waals surface area (Å²) in [6.07, 6.45) is 1.76. The van der Waals surface area contributed by atoms with Crippen LogP contribution in [0.15, 0.2) is 0 Å². The molecule has 0 saturated carbocycles. The van der Waals surface area contributed by atoms with Crippen molar-refractivity contribution in [3.05, 3.63) is 0 Å². The minimum Gasteiger partial charge on any atom is -0.353 e. The second-order valence-electron chi connectivity index (χ2n) is 4.86. The number of likely N-dealkylation sites (N-methyl/N-ethyl adjacent to an activating group) is 1. The highest BCUT2D eigenvalue weighted by Crippen LogP contribution is 2.09. The summed E-state index contributed by atoms with van der Waals surface area (Å²) >= 11 is 0. The molecule has 0 unspecified atom stereocenters. The van der Waals surface area contributed by atoms with Crippen molar-refractivity contribution in [2.24, 2.45) is 5.73 Å². The van der Waals surface area contributed by atoms with E-state index in [2.05, 4.69) is 33.0 Å². The lowest BCUT2D eigenvalue weighted by Crippen LogP contribution is -2.51. The Bertz CT molecular complexity index is 221. The van der Waals surface area contributed by atoms with Crippen molar-refractivity contribution in [1.29, 1.82) is 0 Å². The van der Waals surface area contributed by atoms with Crippen molar-refractivity contribution >= 4 is 30.7 Å². The van der Waals surface area contributed by atoms with E-state index in [4.69, 9.17) is 5.73 Å². The maximum absolute atomic E-state index is 11.6. The molecule has 0 radical (unpaired) electrons. The van der Waals surface area contributed by atoms with Crippen LogP contribution in [-0.2, 0) is 4.79 Å². The summed E-state index contributed by atoms with van der Waals surface area (Å²) in [7, 11) is 1.94. The average molecular weight is 302 g/mol. The molecule has 0 aromatic carbocycles. The van der Waals surface area contributed by atoms with Gasteiger partial charge in [-0.2, -0.15) is 0 Å². The third-order valence-corrected chi connectivity index (χ3v) is 3.32. The molecule has 0 heterocycles. The standard InChI is InChI=1S/C12H27N3O.2ClH/c1-6-12(13,7-2)9-14-11(16)8-15(5)10(3)4;;/h10H,6-9,13H2,1-5H3,(H,14,16);2*1H. The molecule has 18 heavy (non-hydrogen) atoms. The van der Waals surface area contributed by atoms with Crippen molar-refractivity contribution in [3.63, 3.8) is 0 Å². The number of hydrogen-bond donors (Lipinski definition) is 2. The third-order valence-electron chi connectivity index (χ3n) is 3.32. The van der Waals surface area contributed by atoms with Gasteiger partial charge in [-0.25, -0.2) is 0 Å². The van der Waals surface area contributed by atoms with Gasteiger partial charge in [0, 0.05) is 18.1 Å². The van der Waals surface area contributed by atoms with E-state index >= 15 is 0 Å². The lowest BCUT2D eigenvalue weighted by molar-refractivity contribution is -0.122. The zero-order valence-corrected chi connectivity index (χ0v) is 13.8. The van der Waals surface area contributed by atoms with Crippen LogP contribution in [0.2, 0.25) is 0 Å². The summed E-state index contributed by atoms with van der Waals surface area (Å²) in [6, 6.07) is 0.380. The first-order valence-corrected chi connectivity index (χ1v) is 6.10. The quantitative estimate of drug-likeness (QED) is 0.754. The number of amides is 1. The summed E-state index contributed by atoms with van der Waals surface area (Å²) in [5, 5.41) is 2.91. The van der Waals surface area contributed by atoms with Gasteiger partial charge < -0.3 is 11.1 Å². The molecule has 112 valence electrons. The molecule has 6 heteroatoms. The van der Waals surface area contributed by atoms with E-state index in [-0.39, 0.29) is 36.3 Å². The van der Waals surface area contributed by atoms with E-state index < -0.39 is 0 Å². The van der Waals surface area contributed by atoms with E-state index in [1.165, 1.54) is 0 Å². The Morgan fingerprint density at radius 3 is 2.06 bits per heavy atom. The van der Waals surface area contributed by atoms with Crippen LogP contribution in [-0.4, -0.2) is 42.5 Å². The second kappa shape index (κ2) is 10.9. The molecule has 3 N–H and O–H groups in total. The number of nitrogens with one attached hydrogen (secondary N) is 1. The number of carbonyl (C=O) groups is 1. The topological polar surface area (TPSA) is 58.4 Å². The molecule has 0 fully saturated rings. The minimum absolute atomic E-state index is 0. The number of hydrogen-bond acceptors (Lipinski definition) is 3. The summed E-state index contributed by atoms with van der Waals surface area (Å²) < 4.78 is 0. The number of nitrogens with zero attached hydrogens (tertiary/aromatic N) is 1. The van der Waals surface area contributed by atoms with Crippen LogP contribution in [0.5, 0.6) is 0 Å². The largest absolute Gasteiger partial charge is 0.353 e. The van der Waals surface area contributed by atoms with Gasteiger partial charge in [0.2, 0.25) is 5.91 Å². The zero-order valence-electron chi connectivity index (χ0n) is 12.2. The van der Waals surface area contributed by atoms with E-state index in [0.717, 1.165) is 12.8 Å². The number of rotatable bonds is 7. The van der Waals surface area contributed by atoms with Gasteiger partial charge in [-0.1, -0.05) is 13.8 Å². The molecular weight excluding hydrogens is 273 g/mol. The van der Waals surface area contributed by atoms with Gasteiger partial charge in [-0.05, 0) is 33.7 Å². The monoisotopic (exact) mass is 301 g/mol. The molecular formula is C12H29Cl2N3O. The van der Waals surface area contributed by atoms with Crippen molar-refractivity contribution in [2.75, 3.05) is 20.1 Å². The maximum atomic E-state index is 11.6. The first-order chi connectivity index (χ1) is 7.34. The van der Waals surface area contributed by atoms with Crippen LogP contribution >= 0.6 is 24.8 Å². The first kappa shape index (κ1) is 23.1. The Hall–Kier alpha value is -0.0300. The lowest BCUT2D eigenvalue weighted by Gasteiger charge is -2.27. The Labute approximate surface area is 124 Å². The molecule has 0 aliphatic carbocycles. The normalized spacial score (nSPS) is 10.9. The predicted molar refractivity (Wildman–Crippen MR) is 82.8 cm³/mol. The molecule has 4 nitrogen and oxygen atoms in total. The third kappa shape index (κ3) is 8.97. The number of carbonyl (C=O) groups excluding carboxylic acids is 1. The zero-order chi connectivity index (χ0) is 12.8. The molecule has 0 atom stereocenters. The van der Waals surface area contributed by atoms with Gasteiger partial charge >= 0.3 is 0 Å². The fourth-order valence-electron chi connectivity index (χ4n) is 1.24. The maximum Gasteiger partial charge on any atom is 0.234 e. The highest BCUT2D eigenvalue weighted by atomic mass is 35.5. The Morgan fingerprint density at radius 1 is 1.28 bits per heavy atom. The molecule has 0 rings (SSSR count). The summed E-state index contributed by atoms with van der Waals surface area (Å²) in [4.78, 5) is 13.6. The Kier molecular flexibility index (Phi) is 13.9. The first-order valence-electron chi connectivity index (χ1n) is 6.10. The van der Waals surface area contributed by atoms with Crippen LogP contribution < -0.4 is 11.1 Å². The van der Waals surface area contributed by atoms with Gasteiger partial charge in [-0.3, -0.25) is 9.69 Å². The van der Waals surface area contributed by atoms with Gasteiger partial charge in [0.1, 0.15) is 0 Å². The fourth-order valence-corrected chi connectivity index (χ4v) is 1.24. The van der Waals surface area contributed by atoms with Crippen molar-refractivity contribution in [1.82, 2.24) is 10.2 Å². The van der Waals surface area contributed by atoms with E-state index in [0.29, 0.717) is 19.1 Å². The highest BCUT2D eigenvalue weighted by Gasteiger charge is 2.21. The molecule has 0 aromatic rings. The predicted octanol–water partition coefficient (Wildman–Crippen LogP) is 1.80. The van der Waals surface area contributed by atoms with Gasteiger partial charge in [0.25, 0.3) is 0 Å². The van der Waals surface area contributed by atoms with Gasteiger partial charge in [0.15, 0.2) is 0 Å². The Balaban J connectivity index is -0.00000112. The average Bonchev–Trinajstić information content (AvgIpc) is 2.25. The van der Waals surface area contributed by atoms with Crippen LogP contribution in [0.4, 0.5) is 0 Å².